The van der Waals surface area contributed by atoms with E-state index in [1.165, 1.54) is 6.26 Å². The topological polar surface area (TPSA) is 88.4 Å². The van der Waals surface area contributed by atoms with Crippen LogP contribution >= 0.6 is 24.0 Å². The summed E-state index contributed by atoms with van der Waals surface area (Å²) in [5.74, 6) is 1.17. The van der Waals surface area contributed by atoms with Crippen LogP contribution in [0.15, 0.2) is 52.6 Å². The molecule has 1 aromatic carbocycles. The molecule has 0 fully saturated rings. The predicted octanol–water partition coefficient (Wildman–Crippen LogP) is 2.34. The van der Waals surface area contributed by atoms with Gasteiger partial charge in [-0.25, -0.2) is 8.42 Å². The maximum atomic E-state index is 11.5. The van der Waals surface area contributed by atoms with Crippen molar-refractivity contribution in [2.24, 2.45) is 10.9 Å². The fourth-order valence-corrected chi connectivity index (χ4v) is 3.23. The molecule has 2 rings (SSSR count). The van der Waals surface area contributed by atoms with Gasteiger partial charge in [-0.15, -0.1) is 24.0 Å². The van der Waals surface area contributed by atoms with Gasteiger partial charge in [-0.1, -0.05) is 19.1 Å². The highest BCUT2D eigenvalue weighted by Crippen LogP contribution is 2.10. The average Bonchev–Trinajstić information content (AvgIpc) is 3.12. The van der Waals surface area contributed by atoms with Gasteiger partial charge in [0.1, 0.15) is 0 Å². The normalized spacial score (nSPS) is 12.9. The fourth-order valence-electron chi connectivity index (χ4n) is 2.60. The molecule has 0 aliphatic rings. The highest BCUT2D eigenvalue weighted by Gasteiger charge is 2.07. The molecule has 0 saturated carbocycles. The molecule has 1 atom stereocenters. The molecule has 2 aromatic rings. The Hall–Kier alpha value is -1.62. The highest BCUT2D eigenvalue weighted by molar-refractivity contribution is 14.0. The summed E-state index contributed by atoms with van der Waals surface area (Å²) in [5.41, 5.74) is 1.08. The molecule has 0 saturated heterocycles. The van der Waals surface area contributed by atoms with E-state index in [0.29, 0.717) is 17.4 Å². The van der Waals surface area contributed by atoms with Crippen LogP contribution in [-0.4, -0.2) is 50.0 Å². The molecule has 28 heavy (non-hydrogen) atoms. The zero-order valence-electron chi connectivity index (χ0n) is 16.6. The van der Waals surface area contributed by atoms with E-state index in [-0.39, 0.29) is 24.0 Å². The van der Waals surface area contributed by atoms with E-state index in [9.17, 15) is 8.42 Å². The second kappa shape index (κ2) is 12.1. The first kappa shape index (κ1) is 24.4. The van der Waals surface area contributed by atoms with Gasteiger partial charge in [-0.05, 0) is 43.0 Å². The number of hydrogen-bond donors (Lipinski definition) is 2. The maximum absolute atomic E-state index is 11.5. The van der Waals surface area contributed by atoms with Crippen molar-refractivity contribution in [2.45, 2.75) is 31.7 Å². The number of hydrogen-bond acceptors (Lipinski definition) is 4. The van der Waals surface area contributed by atoms with Gasteiger partial charge in [-0.3, -0.25) is 9.67 Å². The number of aliphatic imine (C=N–C) groups is 1. The molecule has 7 nitrogen and oxygen atoms in total. The minimum absolute atomic E-state index is 0. The van der Waals surface area contributed by atoms with Crippen molar-refractivity contribution >= 4 is 39.8 Å². The van der Waals surface area contributed by atoms with Gasteiger partial charge in [0.05, 0.1) is 4.90 Å². The lowest BCUT2D eigenvalue weighted by atomic mass is 10.1. The van der Waals surface area contributed by atoms with Crippen LogP contribution in [0.25, 0.3) is 0 Å². The Morgan fingerprint density at radius 3 is 2.54 bits per heavy atom. The molecule has 1 heterocycles. The number of aromatic nitrogens is 2. The van der Waals surface area contributed by atoms with Gasteiger partial charge in [0.2, 0.25) is 0 Å². The number of guanidine groups is 1. The molecule has 0 amide bonds. The van der Waals surface area contributed by atoms with Gasteiger partial charge in [-0.2, -0.15) is 5.10 Å². The number of nitrogens with one attached hydrogen (secondary N) is 2. The third kappa shape index (κ3) is 8.59. The molecule has 0 radical (unpaired) electrons. The van der Waals surface area contributed by atoms with Crippen molar-refractivity contribution in [3.05, 3.63) is 48.3 Å². The summed E-state index contributed by atoms with van der Waals surface area (Å²) in [4.78, 5) is 4.99. The van der Waals surface area contributed by atoms with Gasteiger partial charge >= 0.3 is 0 Å². The second-order valence-electron chi connectivity index (χ2n) is 6.65. The minimum Gasteiger partial charge on any atom is -0.357 e. The smallest absolute Gasteiger partial charge is 0.191 e. The summed E-state index contributed by atoms with van der Waals surface area (Å²) in [6, 6.07) is 8.94. The quantitative estimate of drug-likeness (QED) is 0.302. The maximum Gasteiger partial charge on any atom is 0.191 e. The molecule has 0 spiro atoms. The van der Waals surface area contributed by atoms with Gasteiger partial charge in [0, 0.05) is 44.8 Å². The zero-order chi connectivity index (χ0) is 19.7. The van der Waals surface area contributed by atoms with Gasteiger partial charge in [0.15, 0.2) is 15.8 Å². The van der Waals surface area contributed by atoms with Crippen LogP contribution in [0, 0.1) is 5.92 Å². The monoisotopic (exact) mass is 519 g/mol. The molecular weight excluding hydrogens is 489 g/mol. The van der Waals surface area contributed by atoms with Crippen molar-refractivity contribution in [1.82, 2.24) is 20.4 Å². The number of benzene rings is 1. The van der Waals surface area contributed by atoms with E-state index in [1.807, 2.05) is 36.0 Å². The lowest BCUT2D eigenvalue weighted by Gasteiger charge is -2.14. The van der Waals surface area contributed by atoms with E-state index >= 15 is 0 Å². The van der Waals surface area contributed by atoms with Crippen LogP contribution < -0.4 is 10.6 Å². The Labute approximate surface area is 185 Å². The summed E-state index contributed by atoms with van der Waals surface area (Å²) in [7, 11) is -3.15. The minimum atomic E-state index is -3.15. The molecule has 1 aromatic heterocycles. The Kier molecular flexibility index (Phi) is 10.5. The number of rotatable bonds is 9. The zero-order valence-corrected chi connectivity index (χ0v) is 19.8. The Bertz CT molecular complexity index is 821. The number of halogens is 1. The van der Waals surface area contributed by atoms with Crippen LogP contribution in [0.4, 0.5) is 0 Å². The fraction of sp³-hybridized carbons (Fsp3) is 0.474. The summed E-state index contributed by atoms with van der Waals surface area (Å²) < 4.78 is 24.9. The van der Waals surface area contributed by atoms with E-state index < -0.39 is 9.84 Å². The standard InChI is InChI=1S/C19H29N5O2S.HI/c1-4-20-19(22-14-16(2)15-24-13-5-11-23-24)21-12-10-17-6-8-18(9-7-17)27(3,25)26;/h5-9,11,13,16H,4,10,12,14-15H2,1-3H3,(H2,20,21,22);1H. The summed E-state index contributed by atoms with van der Waals surface area (Å²) in [5, 5.41) is 10.8. The summed E-state index contributed by atoms with van der Waals surface area (Å²) >= 11 is 0. The van der Waals surface area contributed by atoms with Crippen molar-refractivity contribution in [2.75, 3.05) is 25.9 Å². The van der Waals surface area contributed by atoms with Crippen LogP contribution in [0.5, 0.6) is 0 Å². The molecule has 9 heteroatoms. The molecule has 156 valence electrons. The van der Waals surface area contributed by atoms with Crippen molar-refractivity contribution in [1.29, 1.82) is 0 Å². The molecule has 2 N–H and O–H groups in total. The Morgan fingerprint density at radius 1 is 1.25 bits per heavy atom. The third-order valence-electron chi connectivity index (χ3n) is 4.02. The Morgan fingerprint density at radius 2 is 1.96 bits per heavy atom. The van der Waals surface area contributed by atoms with Crippen LogP contribution in [-0.2, 0) is 22.8 Å². The van der Waals surface area contributed by atoms with Crippen LogP contribution in [0.2, 0.25) is 0 Å². The van der Waals surface area contributed by atoms with E-state index in [1.54, 1.807) is 18.3 Å². The first-order valence-electron chi connectivity index (χ1n) is 9.17. The lowest BCUT2D eigenvalue weighted by Crippen LogP contribution is -2.38. The van der Waals surface area contributed by atoms with Crippen LogP contribution in [0.3, 0.4) is 0 Å². The predicted molar refractivity (Wildman–Crippen MR) is 124 cm³/mol. The highest BCUT2D eigenvalue weighted by atomic mass is 127. The van der Waals surface area contributed by atoms with Crippen molar-refractivity contribution in [3.63, 3.8) is 0 Å². The molecular formula is C19H30IN5O2S. The molecule has 0 aliphatic heterocycles. The van der Waals surface area contributed by atoms with Gasteiger partial charge in [0.25, 0.3) is 0 Å². The number of nitrogens with zero attached hydrogens (tertiary/aromatic N) is 3. The first-order valence-corrected chi connectivity index (χ1v) is 11.1. The molecule has 0 aliphatic carbocycles. The van der Waals surface area contributed by atoms with Gasteiger partial charge < -0.3 is 10.6 Å². The van der Waals surface area contributed by atoms with E-state index in [2.05, 4.69) is 27.6 Å². The third-order valence-corrected chi connectivity index (χ3v) is 5.15. The second-order valence-corrected chi connectivity index (χ2v) is 8.66. The number of sulfone groups is 1. The van der Waals surface area contributed by atoms with Crippen LogP contribution in [0.1, 0.15) is 19.4 Å². The van der Waals surface area contributed by atoms with E-state index in [0.717, 1.165) is 37.6 Å². The van der Waals surface area contributed by atoms with Crippen molar-refractivity contribution in [3.8, 4) is 0 Å². The summed E-state index contributed by atoms with van der Waals surface area (Å²) in [6.07, 6.45) is 5.75. The summed E-state index contributed by atoms with van der Waals surface area (Å²) in [6.45, 7) is 7.24. The average molecular weight is 519 g/mol. The Balaban J connectivity index is 0.00000392. The van der Waals surface area contributed by atoms with Crippen molar-refractivity contribution < 1.29 is 8.42 Å². The SMILES string of the molecule is CCNC(=NCC(C)Cn1cccn1)NCCc1ccc(S(C)(=O)=O)cc1.I. The lowest BCUT2D eigenvalue weighted by molar-refractivity contribution is 0.458. The molecule has 1 unspecified atom stereocenters. The first-order chi connectivity index (χ1) is 12.9. The largest absolute Gasteiger partial charge is 0.357 e. The molecule has 0 bridgehead atoms. The van der Waals surface area contributed by atoms with E-state index in [4.69, 9.17) is 0 Å².